The maximum atomic E-state index is 12.9. The molecular weight excluding hydrogens is 263 g/mol. The molecule has 0 bridgehead atoms. The summed E-state index contributed by atoms with van der Waals surface area (Å²) in [5.41, 5.74) is -1.57. The van der Waals surface area contributed by atoms with Crippen molar-refractivity contribution in [1.82, 2.24) is 4.98 Å². The monoisotopic (exact) mass is 271 g/mol. The second kappa shape index (κ2) is 4.11. The molecule has 0 amide bonds. The minimum absolute atomic E-state index is 0.0419. The van der Waals surface area contributed by atoms with Crippen LogP contribution in [0.1, 0.15) is 21.6 Å². The number of rotatable bonds is 2. The lowest BCUT2D eigenvalue weighted by molar-refractivity contribution is -0.141. The highest BCUT2D eigenvalue weighted by molar-refractivity contribution is 6.42. The predicted molar refractivity (Wildman–Crippen MR) is 60.0 cm³/mol. The van der Waals surface area contributed by atoms with Gasteiger partial charge in [-0.15, -0.1) is 0 Å². The first-order chi connectivity index (χ1) is 8.73. The van der Waals surface area contributed by atoms with E-state index < -0.39 is 29.2 Å². The Balaban J connectivity index is 2.88. The number of halogens is 3. The zero-order valence-corrected chi connectivity index (χ0v) is 9.63. The largest absolute Gasteiger partial charge is 0.475 e. The van der Waals surface area contributed by atoms with Gasteiger partial charge in [-0.25, -0.2) is 4.79 Å². The number of hydrogen-bond acceptors (Lipinski definition) is 2. The molecule has 2 N–H and O–H groups in total. The zero-order chi connectivity index (χ0) is 14.4. The quantitative estimate of drug-likeness (QED) is 0.651. The Labute approximate surface area is 104 Å². The normalized spacial score (nSPS) is 11.8. The summed E-state index contributed by atoms with van der Waals surface area (Å²) < 4.78 is 38.6. The minimum Gasteiger partial charge on any atom is -0.475 e. The number of hydrogen-bond donors (Lipinski definition) is 2. The molecule has 1 heterocycles. The molecule has 0 fully saturated rings. The lowest BCUT2D eigenvalue weighted by atomic mass is 10.0. The summed E-state index contributed by atoms with van der Waals surface area (Å²) in [6.45, 7) is 1.56. The van der Waals surface area contributed by atoms with E-state index in [4.69, 9.17) is 5.11 Å². The average molecular weight is 271 g/mol. The van der Waals surface area contributed by atoms with Gasteiger partial charge in [-0.05, 0) is 12.5 Å². The SMILES string of the molecule is Cc1cccc2c(C(=O)C(=O)O)c(C(F)(F)F)[nH]c12. The van der Waals surface area contributed by atoms with Crippen LogP contribution in [0.4, 0.5) is 13.2 Å². The van der Waals surface area contributed by atoms with Crippen molar-refractivity contribution in [3.63, 3.8) is 0 Å². The lowest BCUT2D eigenvalue weighted by Crippen LogP contribution is -2.18. The Morgan fingerprint density at radius 2 is 1.89 bits per heavy atom. The van der Waals surface area contributed by atoms with Crippen LogP contribution in [0.15, 0.2) is 18.2 Å². The average Bonchev–Trinajstić information content (AvgIpc) is 2.68. The Bertz CT molecular complexity index is 685. The number of ketones is 1. The first-order valence-electron chi connectivity index (χ1n) is 5.19. The van der Waals surface area contributed by atoms with E-state index in [0.29, 0.717) is 5.56 Å². The van der Waals surface area contributed by atoms with Crippen molar-refractivity contribution < 1.29 is 27.9 Å². The van der Waals surface area contributed by atoms with Gasteiger partial charge < -0.3 is 10.1 Å². The molecular formula is C12H8F3NO3. The van der Waals surface area contributed by atoms with E-state index in [1.807, 2.05) is 0 Å². The molecule has 0 atom stereocenters. The smallest absolute Gasteiger partial charge is 0.432 e. The first-order valence-corrected chi connectivity index (χ1v) is 5.19. The van der Waals surface area contributed by atoms with Gasteiger partial charge in [-0.2, -0.15) is 13.2 Å². The number of carboxylic acids is 1. The summed E-state index contributed by atoms with van der Waals surface area (Å²) in [7, 11) is 0. The Morgan fingerprint density at radius 3 is 2.42 bits per heavy atom. The van der Waals surface area contributed by atoms with Gasteiger partial charge in [0.05, 0.1) is 5.56 Å². The third-order valence-corrected chi connectivity index (χ3v) is 2.75. The summed E-state index contributed by atoms with van der Waals surface area (Å²) >= 11 is 0. The van der Waals surface area contributed by atoms with Crippen LogP contribution in [0.5, 0.6) is 0 Å². The van der Waals surface area contributed by atoms with E-state index in [0.717, 1.165) is 0 Å². The molecule has 1 aromatic carbocycles. The van der Waals surface area contributed by atoms with Crippen molar-refractivity contribution >= 4 is 22.7 Å². The van der Waals surface area contributed by atoms with Gasteiger partial charge in [0, 0.05) is 10.9 Å². The fourth-order valence-corrected chi connectivity index (χ4v) is 1.92. The molecule has 0 saturated carbocycles. The van der Waals surface area contributed by atoms with E-state index in [1.165, 1.54) is 12.1 Å². The molecule has 0 spiro atoms. The summed E-state index contributed by atoms with van der Waals surface area (Å²) in [6, 6.07) is 4.31. The third kappa shape index (κ3) is 2.07. The Hall–Kier alpha value is -2.31. The second-order valence-corrected chi connectivity index (χ2v) is 4.00. The van der Waals surface area contributed by atoms with Crippen molar-refractivity contribution in [2.75, 3.05) is 0 Å². The number of para-hydroxylation sites is 1. The summed E-state index contributed by atoms with van der Waals surface area (Å²) in [5.74, 6) is -3.50. The molecule has 0 aliphatic heterocycles. The topological polar surface area (TPSA) is 70.2 Å². The number of H-pyrrole nitrogens is 1. The van der Waals surface area contributed by atoms with E-state index in [1.54, 1.807) is 13.0 Å². The Kier molecular flexibility index (Phi) is 2.84. The molecule has 0 aliphatic rings. The fraction of sp³-hybridized carbons (Fsp3) is 0.167. The standard InChI is InChI=1S/C12H8F3NO3/c1-5-3-2-4-6-7(9(17)11(18)19)10(12(13,14)15)16-8(5)6/h2-4,16H,1H3,(H,18,19). The van der Waals surface area contributed by atoms with Crippen molar-refractivity contribution in [3.8, 4) is 0 Å². The minimum atomic E-state index is -4.83. The maximum absolute atomic E-state index is 12.9. The van der Waals surface area contributed by atoms with Gasteiger partial charge in [-0.3, -0.25) is 4.79 Å². The molecule has 0 aliphatic carbocycles. The third-order valence-electron chi connectivity index (χ3n) is 2.75. The second-order valence-electron chi connectivity index (χ2n) is 4.00. The van der Waals surface area contributed by atoms with Crippen LogP contribution in [0.25, 0.3) is 10.9 Å². The summed E-state index contributed by atoms with van der Waals surface area (Å²) in [5, 5.41) is 8.60. The lowest BCUT2D eigenvalue weighted by Gasteiger charge is -2.05. The summed E-state index contributed by atoms with van der Waals surface area (Å²) in [6.07, 6.45) is -4.83. The number of fused-ring (bicyclic) bond motifs is 1. The van der Waals surface area contributed by atoms with Crippen molar-refractivity contribution in [3.05, 3.63) is 35.0 Å². The van der Waals surface area contributed by atoms with Gasteiger partial charge in [0.1, 0.15) is 5.69 Å². The molecule has 100 valence electrons. The molecule has 2 rings (SSSR count). The van der Waals surface area contributed by atoms with Crippen molar-refractivity contribution in [2.45, 2.75) is 13.1 Å². The molecule has 0 saturated heterocycles. The number of carbonyl (C=O) groups excluding carboxylic acids is 1. The number of carboxylic acid groups (broad SMARTS) is 1. The number of nitrogens with one attached hydrogen (secondary N) is 1. The molecule has 7 heteroatoms. The first kappa shape index (κ1) is 13.1. The number of aliphatic carboxylic acids is 1. The maximum Gasteiger partial charge on any atom is 0.432 e. The van der Waals surface area contributed by atoms with E-state index >= 15 is 0 Å². The molecule has 1 aromatic heterocycles. The van der Waals surface area contributed by atoms with Crippen molar-refractivity contribution in [1.29, 1.82) is 0 Å². The van der Waals surface area contributed by atoms with Crippen LogP contribution < -0.4 is 0 Å². The highest BCUT2D eigenvalue weighted by Crippen LogP contribution is 2.36. The van der Waals surface area contributed by atoms with Crippen LogP contribution in [-0.4, -0.2) is 21.8 Å². The van der Waals surface area contributed by atoms with Crippen LogP contribution in [0.2, 0.25) is 0 Å². The molecule has 0 radical (unpaired) electrons. The number of aryl methyl sites for hydroxylation is 1. The predicted octanol–water partition coefficient (Wildman–Crippen LogP) is 2.76. The van der Waals surface area contributed by atoms with Gasteiger partial charge >= 0.3 is 12.1 Å². The molecule has 2 aromatic rings. The van der Waals surface area contributed by atoms with Gasteiger partial charge in [0.25, 0.3) is 5.78 Å². The van der Waals surface area contributed by atoms with Gasteiger partial charge in [0.15, 0.2) is 0 Å². The molecule has 0 unspecified atom stereocenters. The zero-order valence-electron chi connectivity index (χ0n) is 9.63. The number of Topliss-reactive ketones (excluding diaryl/α,β-unsaturated/α-hetero) is 1. The van der Waals surface area contributed by atoms with E-state index in [9.17, 15) is 22.8 Å². The molecule has 4 nitrogen and oxygen atoms in total. The highest BCUT2D eigenvalue weighted by atomic mass is 19.4. The van der Waals surface area contributed by atoms with Crippen LogP contribution in [0.3, 0.4) is 0 Å². The number of alkyl halides is 3. The Morgan fingerprint density at radius 1 is 1.26 bits per heavy atom. The van der Waals surface area contributed by atoms with E-state index in [-0.39, 0.29) is 10.9 Å². The summed E-state index contributed by atoms with van der Waals surface area (Å²) in [4.78, 5) is 24.3. The van der Waals surface area contributed by atoms with Crippen LogP contribution >= 0.6 is 0 Å². The van der Waals surface area contributed by atoms with E-state index in [2.05, 4.69) is 4.98 Å². The number of aromatic nitrogens is 1. The van der Waals surface area contributed by atoms with Crippen LogP contribution in [-0.2, 0) is 11.0 Å². The van der Waals surface area contributed by atoms with Gasteiger partial charge in [-0.1, -0.05) is 18.2 Å². The fourth-order valence-electron chi connectivity index (χ4n) is 1.92. The van der Waals surface area contributed by atoms with Gasteiger partial charge in [0.2, 0.25) is 0 Å². The number of aromatic amines is 1. The number of benzene rings is 1. The molecule has 19 heavy (non-hydrogen) atoms. The number of carbonyl (C=O) groups is 2. The van der Waals surface area contributed by atoms with Crippen LogP contribution in [0, 0.1) is 6.92 Å². The van der Waals surface area contributed by atoms with Crippen molar-refractivity contribution in [2.24, 2.45) is 0 Å². The highest BCUT2D eigenvalue weighted by Gasteiger charge is 2.40.